The van der Waals surface area contributed by atoms with E-state index in [0.717, 1.165) is 10.8 Å². The van der Waals surface area contributed by atoms with Crippen molar-refractivity contribution in [3.63, 3.8) is 0 Å². The van der Waals surface area contributed by atoms with Crippen LogP contribution in [-0.4, -0.2) is 8.32 Å². The van der Waals surface area contributed by atoms with Crippen molar-refractivity contribution in [3.8, 4) is 5.75 Å². The van der Waals surface area contributed by atoms with Crippen LogP contribution in [-0.2, 0) is 0 Å². The zero-order chi connectivity index (χ0) is 13.9. The van der Waals surface area contributed by atoms with Crippen LogP contribution in [0.4, 0.5) is 0 Å². The SMILES string of the molecule is CC(C)[Si](Oc1cccc(Cl)c1)(C(C)C)C(C)C. The highest BCUT2D eigenvalue weighted by Crippen LogP contribution is 2.42. The fourth-order valence-electron chi connectivity index (χ4n) is 3.09. The summed E-state index contributed by atoms with van der Waals surface area (Å²) in [5.74, 6) is 0.922. The Morgan fingerprint density at radius 1 is 0.944 bits per heavy atom. The Labute approximate surface area is 118 Å². The van der Waals surface area contributed by atoms with Gasteiger partial charge in [0, 0.05) is 5.02 Å². The topological polar surface area (TPSA) is 9.23 Å². The summed E-state index contributed by atoms with van der Waals surface area (Å²) in [6, 6.07) is 7.78. The highest BCUT2D eigenvalue weighted by atomic mass is 35.5. The van der Waals surface area contributed by atoms with Crippen molar-refractivity contribution in [3.05, 3.63) is 29.3 Å². The number of benzene rings is 1. The summed E-state index contributed by atoms with van der Waals surface area (Å²) in [5.41, 5.74) is 1.74. The molecule has 0 saturated carbocycles. The summed E-state index contributed by atoms with van der Waals surface area (Å²) in [5, 5.41) is 0.742. The van der Waals surface area contributed by atoms with Crippen LogP contribution in [0.25, 0.3) is 0 Å². The van der Waals surface area contributed by atoms with Gasteiger partial charge in [-0.05, 0) is 34.8 Å². The van der Waals surface area contributed by atoms with E-state index in [1.54, 1.807) is 0 Å². The third kappa shape index (κ3) is 3.10. The summed E-state index contributed by atoms with van der Waals surface area (Å²) < 4.78 is 6.52. The molecule has 3 heteroatoms. The maximum Gasteiger partial charge on any atom is 0.258 e. The molecule has 0 spiro atoms. The van der Waals surface area contributed by atoms with Gasteiger partial charge in [0.05, 0.1) is 0 Å². The Balaban J connectivity index is 3.12. The molecule has 0 aliphatic carbocycles. The summed E-state index contributed by atoms with van der Waals surface area (Å²) in [6.07, 6.45) is 0. The van der Waals surface area contributed by atoms with Gasteiger partial charge in [0.25, 0.3) is 8.32 Å². The second-order valence-electron chi connectivity index (χ2n) is 5.88. The van der Waals surface area contributed by atoms with Crippen LogP contribution in [0.2, 0.25) is 21.6 Å². The molecule has 0 radical (unpaired) electrons. The number of halogens is 1. The molecule has 1 rings (SSSR count). The zero-order valence-electron chi connectivity index (χ0n) is 12.3. The quantitative estimate of drug-likeness (QED) is 0.612. The van der Waals surface area contributed by atoms with Crippen molar-refractivity contribution in [2.45, 2.75) is 58.2 Å². The lowest BCUT2D eigenvalue weighted by Gasteiger charge is -2.42. The summed E-state index contributed by atoms with van der Waals surface area (Å²) in [6.45, 7) is 13.7. The van der Waals surface area contributed by atoms with Gasteiger partial charge in [-0.1, -0.05) is 59.2 Å². The standard InChI is InChI=1S/C15H25ClOSi/c1-11(2)18(12(3)4,13(5)6)17-15-9-7-8-14(16)10-15/h7-13H,1-6H3. The van der Waals surface area contributed by atoms with Gasteiger partial charge in [-0.25, -0.2) is 0 Å². The van der Waals surface area contributed by atoms with E-state index in [0.29, 0.717) is 16.6 Å². The van der Waals surface area contributed by atoms with Crippen LogP contribution in [0.1, 0.15) is 41.5 Å². The molecule has 0 aliphatic heterocycles. The third-order valence-electron chi connectivity index (χ3n) is 3.80. The van der Waals surface area contributed by atoms with Gasteiger partial charge < -0.3 is 4.43 Å². The molecule has 0 atom stereocenters. The number of hydrogen-bond donors (Lipinski definition) is 0. The van der Waals surface area contributed by atoms with Gasteiger partial charge in [0.15, 0.2) is 0 Å². The molecule has 0 saturated heterocycles. The van der Waals surface area contributed by atoms with Crippen LogP contribution < -0.4 is 4.43 Å². The predicted molar refractivity (Wildman–Crippen MR) is 83.1 cm³/mol. The van der Waals surface area contributed by atoms with Gasteiger partial charge in [0.2, 0.25) is 0 Å². The molecule has 0 amide bonds. The Kier molecular flexibility index (Phi) is 5.29. The molecule has 0 aromatic heterocycles. The van der Waals surface area contributed by atoms with E-state index in [9.17, 15) is 0 Å². The minimum absolute atomic E-state index is 0.580. The molecule has 18 heavy (non-hydrogen) atoms. The molecule has 0 bridgehead atoms. The fourth-order valence-corrected chi connectivity index (χ4v) is 8.51. The van der Waals surface area contributed by atoms with Crippen molar-refractivity contribution in [1.82, 2.24) is 0 Å². The van der Waals surface area contributed by atoms with E-state index in [1.165, 1.54) is 0 Å². The van der Waals surface area contributed by atoms with Crippen LogP contribution in [0, 0.1) is 0 Å². The molecule has 0 heterocycles. The first-order valence-electron chi connectivity index (χ1n) is 6.75. The highest BCUT2D eigenvalue weighted by Gasteiger charge is 2.46. The molecule has 1 aromatic rings. The first kappa shape index (κ1) is 15.6. The fraction of sp³-hybridized carbons (Fsp3) is 0.600. The summed E-state index contributed by atoms with van der Waals surface area (Å²) >= 11 is 6.05. The molecule has 1 nitrogen and oxygen atoms in total. The molecule has 0 N–H and O–H groups in total. The van der Waals surface area contributed by atoms with Crippen molar-refractivity contribution < 1.29 is 4.43 Å². The lowest BCUT2D eigenvalue weighted by molar-refractivity contribution is 0.480. The van der Waals surface area contributed by atoms with E-state index in [2.05, 4.69) is 41.5 Å². The maximum absolute atomic E-state index is 6.52. The van der Waals surface area contributed by atoms with Gasteiger partial charge in [-0.2, -0.15) is 0 Å². The molecule has 0 aliphatic rings. The van der Waals surface area contributed by atoms with Gasteiger partial charge in [0.1, 0.15) is 5.75 Å². The third-order valence-corrected chi connectivity index (χ3v) is 10.0. The maximum atomic E-state index is 6.52. The van der Waals surface area contributed by atoms with Crippen molar-refractivity contribution in [2.24, 2.45) is 0 Å². The highest BCUT2D eigenvalue weighted by molar-refractivity contribution is 6.78. The Morgan fingerprint density at radius 2 is 1.44 bits per heavy atom. The molecule has 1 aromatic carbocycles. The molecule has 0 fully saturated rings. The minimum atomic E-state index is -1.85. The smallest absolute Gasteiger partial charge is 0.258 e. The molecule has 0 unspecified atom stereocenters. The second-order valence-corrected chi connectivity index (χ2v) is 11.7. The summed E-state index contributed by atoms with van der Waals surface area (Å²) in [7, 11) is -1.85. The Hall–Kier alpha value is -0.473. The van der Waals surface area contributed by atoms with E-state index in [1.807, 2.05) is 24.3 Å². The van der Waals surface area contributed by atoms with Crippen molar-refractivity contribution in [2.75, 3.05) is 0 Å². The van der Waals surface area contributed by atoms with E-state index in [4.69, 9.17) is 16.0 Å². The first-order chi connectivity index (χ1) is 8.30. The average Bonchev–Trinajstić information content (AvgIpc) is 2.24. The molecular formula is C15H25ClOSi. The van der Waals surface area contributed by atoms with Crippen molar-refractivity contribution >= 4 is 19.9 Å². The van der Waals surface area contributed by atoms with E-state index < -0.39 is 8.32 Å². The lowest BCUT2D eigenvalue weighted by Crippen LogP contribution is -2.50. The molecule has 102 valence electrons. The van der Waals surface area contributed by atoms with Crippen LogP contribution in [0.15, 0.2) is 24.3 Å². The zero-order valence-corrected chi connectivity index (χ0v) is 14.1. The van der Waals surface area contributed by atoms with Gasteiger partial charge in [-0.3, -0.25) is 0 Å². The van der Waals surface area contributed by atoms with Crippen molar-refractivity contribution in [1.29, 1.82) is 0 Å². The predicted octanol–water partition coefficient (Wildman–Crippen LogP) is 5.89. The van der Waals surface area contributed by atoms with E-state index in [-0.39, 0.29) is 0 Å². The van der Waals surface area contributed by atoms with Gasteiger partial charge in [-0.15, -0.1) is 0 Å². The summed E-state index contributed by atoms with van der Waals surface area (Å²) in [4.78, 5) is 0. The lowest BCUT2D eigenvalue weighted by atomic mass is 10.3. The largest absolute Gasteiger partial charge is 0.543 e. The van der Waals surface area contributed by atoms with Crippen LogP contribution in [0.5, 0.6) is 5.75 Å². The van der Waals surface area contributed by atoms with Gasteiger partial charge >= 0.3 is 0 Å². The normalized spacial score (nSPS) is 12.6. The van der Waals surface area contributed by atoms with Crippen LogP contribution in [0.3, 0.4) is 0 Å². The molecular weight excluding hydrogens is 260 g/mol. The number of hydrogen-bond acceptors (Lipinski definition) is 1. The first-order valence-corrected chi connectivity index (χ1v) is 9.27. The average molecular weight is 285 g/mol. The second kappa shape index (κ2) is 6.11. The minimum Gasteiger partial charge on any atom is -0.543 e. The number of rotatable bonds is 5. The van der Waals surface area contributed by atoms with Crippen LogP contribution >= 0.6 is 11.6 Å². The monoisotopic (exact) mass is 284 g/mol. The Bertz CT molecular complexity index is 366. The Morgan fingerprint density at radius 3 is 1.83 bits per heavy atom. The van der Waals surface area contributed by atoms with E-state index >= 15 is 0 Å².